The Bertz CT molecular complexity index is 839. The van der Waals surface area contributed by atoms with E-state index in [1.165, 1.54) is 10.8 Å². The van der Waals surface area contributed by atoms with Gasteiger partial charge >= 0.3 is 5.69 Å². The van der Waals surface area contributed by atoms with Gasteiger partial charge in [-0.3, -0.25) is 14.3 Å². The van der Waals surface area contributed by atoms with E-state index in [9.17, 15) is 9.59 Å². The van der Waals surface area contributed by atoms with E-state index in [1.54, 1.807) is 6.92 Å². The normalized spacial score (nSPS) is 22.7. The van der Waals surface area contributed by atoms with Gasteiger partial charge in [0.1, 0.15) is 6.23 Å². The van der Waals surface area contributed by atoms with E-state index < -0.39 is 26.0 Å². The molecule has 0 aliphatic carbocycles. The van der Waals surface area contributed by atoms with E-state index in [0.717, 1.165) is 0 Å². The highest BCUT2D eigenvalue weighted by atomic mass is 31.2. The van der Waals surface area contributed by atoms with Crippen LogP contribution in [0.25, 0.3) is 0 Å². The molecule has 4 atom stereocenters. The highest BCUT2D eigenvalue weighted by Gasteiger charge is 2.40. The second-order valence-electron chi connectivity index (χ2n) is 7.94. The maximum Gasteiger partial charge on any atom is 0.330 e. The molecule has 10 heteroatoms. The fraction of sp³-hybridized carbons (Fsp3) is 0.750. The molecular formula is C20H33N4O5P. The number of aromatic amines is 1. The third kappa shape index (κ3) is 5.99. The van der Waals surface area contributed by atoms with Gasteiger partial charge in [-0.15, -0.1) is 0 Å². The first kappa shape index (κ1) is 24.7. The monoisotopic (exact) mass is 440 g/mol. The van der Waals surface area contributed by atoms with Gasteiger partial charge in [0.05, 0.1) is 31.3 Å². The zero-order valence-electron chi connectivity index (χ0n) is 18.6. The number of hydrogen-bond donors (Lipinski definition) is 1. The Hall–Kier alpha value is -1.56. The smallest absolute Gasteiger partial charge is 0.330 e. The maximum atomic E-state index is 12.3. The van der Waals surface area contributed by atoms with Crippen LogP contribution in [-0.4, -0.2) is 45.1 Å². The van der Waals surface area contributed by atoms with E-state index in [2.05, 4.69) is 43.4 Å². The molecule has 1 aromatic rings. The zero-order chi connectivity index (χ0) is 22.4. The van der Waals surface area contributed by atoms with Crippen molar-refractivity contribution < 1.29 is 13.8 Å². The average Bonchev–Trinajstić information content (AvgIpc) is 3.06. The molecule has 0 amide bonds. The van der Waals surface area contributed by atoms with Crippen molar-refractivity contribution in [2.45, 2.75) is 91.3 Å². The van der Waals surface area contributed by atoms with Crippen LogP contribution in [-0.2, 0) is 13.8 Å². The van der Waals surface area contributed by atoms with Crippen LogP contribution in [0, 0.1) is 18.3 Å². The molecule has 0 saturated carbocycles. The summed E-state index contributed by atoms with van der Waals surface area (Å²) < 4.78 is 22.1. The topological polar surface area (TPSA) is 110 Å². The molecule has 1 aliphatic heterocycles. The molecule has 1 unspecified atom stereocenters. The fourth-order valence-corrected chi connectivity index (χ4v) is 5.31. The van der Waals surface area contributed by atoms with Gasteiger partial charge in [0.15, 0.2) is 0 Å². The summed E-state index contributed by atoms with van der Waals surface area (Å²) in [6.45, 7) is 12.3. The van der Waals surface area contributed by atoms with Gasteiger partial charge in [-0.25, -0.2) is 9.46 Å². The van der Waals surface area contributed by atoms with Crippen molar-refractivity contribution >= 4 is 8.53 Å². The first-order valence-electron chi connectivity index (χ1n) is 10.4. The summed E-state index contributed by atoms with van der Waals surface area (Å²) in [4.78, 5) is 26.3. The minimum atomic E-state index is -1.41. The van der Waals surface area contributed by atoms with E-state index in [-0.39, 0.29) is 24.3 Å². The standard InChI is InChI=1S/C20H33N4O5P/c1-7-16-17(11-18(28-16)23-12-15(6)19(25)22-20(23)26)29-30(27-10-8-9-21)24(13(2)3)14(4)5/h12-14,16-18H,7-8,10-11H2,1-6H3,(H,22,25,26)/t16-,17-,18+,30?/m1/s1. The van der Waals surface area contributed by atoms with Gasteiger partial charge in [-0.1, -0.05) is 6.92 Å². The van der Waals surface area contributed by atoms with Crippen LogP contribution < -0.4 is 11.2 Å². The molecule has 0 aromatic carbocycles. The minimum absolute atomic E-state index is 0.195. The number of nitriles is 1. The summed E-state index contributed by atoms with van der Waals surface area (Å²) in [6.07, 6.45) is 2.00. The predicted octanol–water partition coefficient (Wildman–Crippen LogP) is 3.20. The summed E-state index contributed by atoms with van der Waals surface area (Å²) in [5, 5.41) is 8.87. The van der Waals surface area contributed by atoms with Crippen LogP contribution in [0.5, 0.6) is 0 Å². The van der Waals surface area contributed by atoms with Crippen LogP contribution in [0.1, 0.15) is 65.7 Å². The van der Waals surface area contributed by atoms with Gasteiger partial charge in [-0.2, -0.15) is 5.26 Å². The number of hydrogen-bond acceptors (Lipinski definition) is 7. The van der Waals surface area contributed by atoms with Crippen molar-refractivity contribution in [3.63, 3.8) is 0 Å². The number of aryl methyl sites for hydroxylation is 1. The Labute approximate surface area is 178 Å². The number of nitrogens with one attached hydrogen (secondary N) is 1. The first-order chi connectivity index (χ1) is 14.2. The average molecular weight is 440 g/mol. The second kappa shape index (κ2) is 11.2. The predicted molar refractivity (Wildman–Crippen MR) is 115 cm³/mol. The minimum Gasteiger partial charge on any atom is -0.352 e. The van der Waals surface area contributed by atoms with Gasteiger partial charge in [0, 0.05) is 30.3 Å². The number of H-pyrrole nitrogens is 1. The van der Waals surface area contributed by atoms with Crippen molar-refractivity contribution in [2.75, 3.05) is 6.61 Å². The Morgan fingerprint density at radius 2 is 2.03 bits per heavy atom. The lowest BCUT2D eigenvalue weighted by atomic mass is 10.1. The Kier molecular flexibility index (Phi) is 9.20. The van der Waals surface area contributed by atoms with Crippen LogP contribution in [0.3, 0.4) is 0 Å². The lowest BCUT2D eigenvalue weighted by Gasteiger charge is -2.37. The van der Waals surface area contributed by atoms with Gasteiger partial charge in [-0.05, 0) is 41.0 Å². The third-order valence-electron chi connectivity index (χ3n) is 4.93. The Morgan fingerprint density at radius 3 is 2.60 bits per heavy atom. The van der Waals surface area contributed by atoms with Gasteiger partial charge in [0.2, 0.25) is 0 Å². The quantitative estimate of drug-likeness (QED) is 0.439. The number of aromatic nitrogens is 2. The van der Waals surface area contributed by atoms with Crippen LogP contribution in [0.15, 0.2) is 15.8 Å². The van der Waals surface area contributed by atoms with Crippen molar-refractivity contribution in [2.24, 2.45) is 0 Å². The molecular weight excluding hydrogens is 407 g/mol. The first-order valence-corrected chi connectivity index (χ1v) is 11.5. The van der Waals surface area contributed by atoms with Crippen molar-refractivity contribution in [1.29, 1.82) is 5.26 Å². The molecule has 1 fully saturated rings. The molecule has 0 spiro atoms. The van der Waals surface area contributed by atoms with E-state index >= 15 is 0 Å². The number of ether oxygens (including phenoxy) is 1. The molecule has 1 aromatic heterocycles. The lowest BCUT2D eigenvalue weighted by molar-refractivity contribution is -0.0202. The third-order valence-corrected chi connectivity index (χ3v) is 7.08. The fourth-order valence-electron chi connectivity index (χ4n) is 3.55. The Balaban J connectivity index is 2.24. The lowest BCUT2D eigenvalue weighted by Crippen LogP contribution is -2.35. The molecule has 0 radical (unpaired) electrons. The summed E-state index contributed by atoms with van der Waals surface area (Å²) in [5.74, 6) is 0. The molecule has 30 heavy (non-hydrogen) atoms. The molecule has 1 N–H and O–H groups in total. The summed E-state index contributed by atoms with van der Waals surface area (Å²) in [7, 11) is -1.41. The van der Waals surface area contributed by atoms with Gasteiger partial charge in [0.25, 0.3) is 14.1 Å². The molecule has 1 aliphatic rings. The van der Waals surface area contributed by atoms with Crippen LogP contribution >= 0.6 is 8.53 Å². The number of nitrogens with zero attached hydrogens (tertiary/aromatic N) is 3. The zero-order valence-corrected chi connectivity index (χ0v) is 19.5. The van der Waals surface area contributed by atoms with Crippen molar-refractivity contribution in [1.82, 2.24) is 14.2 Å². The molecule has 0 bridgehead atoms. The Morgan fingerprint density at radius 1 is 1.37 bits per heavy atom. The van der Waals surface area contributed by atoms with E-state index in [1.807, 2.05) is 6.92 Å². The maximum absolute atomic E-state index is 12.3. The van der Waals surface area contributed by atoms with E-state index in [0.29, 0.717) is 31.4 Å². The largest absolute Gasteiger partial charge is 0.352 e. The molecule has 2 heterocycles. The van der Waals surface area contributed by atoms with Crippen molar-refractivity contribution in [3.05, 3.63) is 32.6 Å². The van der Waals surface area contributed by atoms with E-state index in [4.69, 9.17) is 19.0 Å². The summed E-state index contributed by atoms with van der Waals surface area (Å²) >= 11 is 0. The van der Waals surface area contributed by atoms with Crippen LogP contribution in [0.4, 0.5) is 0 Å². The highest BCUT2D eigenvalue weighted by Crippen LogP contribution is 2.50. The van der Waals surface area contributed by atoms with Gasteiger partial charge < -0.3 is 13.8 Å². The number of rotatable bonds is 10. The second-order valence-corrected chi connectivity index (χ2v) is 9.35. The SMILES string of the molecule is CC[C@H]1O[C@H](n2cc(C)c(=O)[nH]c2=O)C[C@H]1OP(OCCC#N)N(C(C)C)C(C)C. The summed E-state index contributed by atoms with van der Waals surface area (Å²) in [6, 6.07) is 2.49. The summed E-state index contributed by atoms with van der Waals surface area (Å²) in [5.41, 5.74) is -0.443. The van der Waals surface area contributed by atoms with Crippen molar-refractivity contribution in [3.8, 4) is 6.07 Å². The molecule has 2 rings (SSSR count). The van der Waals surface area contributed by atoms with Crippen LogP contribution in [0.2, 0.25) is 0 Å². The molecule has 9 nitrogen and oxygen atoms in total. The molecule has 168 valence electrons. The highest BCUT2D eigenvalue weighted by molar-refractivity contribution is 7.44. The molecule has 1 saturated heterocycles.